The number of aryl methyl sites for hydroxylation is 1. The molecule has 0 saturated carbocycles. The van der Waals surface area contributed by atoms with Crippen molar-refractivity contribution >= 4 is 17.6 Å². The topological polar surface area (TPSA) is 86.0 Å². The number of ether oxygens (including phenoxy) is 1. The van der Waals surface area contributed by atoms with Gasteiger partial charge in [-0.1, -0.05) is 13.0 Å². The first-order valence-electron chi connectivity index (χ1n) is 6.26. The monoisotopic (exact) mass is 277 g/mol. The molecule has 1 aromatic heterocycles. The Morgan fingerprint density at radius 3 is 2.80 bits per heavy atom. The zero-order chi connectivity index (χ0) is 14.5. The maximum Gasteiger partial charge on any atom is 0.323 e. The first kappa shape index (κ1) is 14.0. The lowest BCUT2D eigenvalue weighted by Crippen LogP contribution is -2.07. The summed E-state index contributed by atoms with van der Waals surface area (Å²) in [6.07, 6.45) is 0.831. The van der Waals surface area contributed by atoms with Crippen molar-refractivity contribution in [3.63, 3.8) is 0 Å². The summed E-state index contributed by atoms with van der Waals surface area (Å²) in [6, 6.07) is 4.90. The van der Waals surface area contributed by atoms with Crippen molar-refractivity contribution in [2.24, 2.45) is 0 Å². The number of nitrogens with two attached hydrogens (primary N) is 1. The average molecular weight is 277 g/mol. The van der Waals surface area contributed by atoms with Crippen LogP contribution in [-0.2, 0) is 0 Å². The van der Waals surface area contributed by atoms with Crippen LogP contribution >= 0.6 is 0 Å². The molecular weight excluding hydrogens is 261 g/mol. The van der Waals surface area contributed by atoms with E-state index in [9.17, 15) is 4.39 Å². The van der Waals surface area contributed by atoms with Crippen LogP contribution in [0.4, 0.5) is 22.0 Å². The molecule has 6 nitrogen and oxygen atoms in total. The Kier molecular flexibility index (Phi) is 4.29. The van der Waals surface area contributed by atoms with E-state index in [-0.39, 0.29) is 23.7 Å². The number of nitrogens with zero attached hydrogens (tertiary/aromatic N) is 3. The van der Waals surface area contributed by atoms with Gasteiger partial charge in [0.1, 0.15) is 5.82 Å². The van der Waals surface area contributed by atoms with Crippen LogP contribution in [0.5, 0.6) is 6.01 Å². The van der Waals surface area contributed by atoms with Crippen LogP contribution in [0.3, 0.4) is 0 Å². The van der Waals surface area contributed by atoms with Crippen LogP contribution in [0.2, 0.25) is 0 Å². The van der Waals surface area contributed by atoms with Gasteiger partial charge in [0.15, 0.2) is 0 Å². The van der Waals surface area contributed by atoms with Gasteiger partial charge in [0.2, 0.25) is 11.9 Å². The second kappa shape index (κ2) is 6.14. The van der Waals surface area contributed by atoms with Gasteiger partial charge in [0.05, 0.1) is 6.61 Å². The van der Waals surface area contributed by atoms with Crippen molar-refractivity contribution in [3.05, 3.63) is 29.6 Å². The molecule has 2 rings (SSSR count). The highest BCUT2D eigenvalue weighted by Gasteiger charge is 2.07. The minimum atomic E-state index is -0.306. The van der Waals surface area contributed by atoms with Gasteiger partial charge in [-0.05, 0) is 31.0 Å². The molecule has 0 unspecified atom stereocenters. The Bertz CT molecular complexity index is 605. The van der Waals surface area contributed by atoms with E-state index in [1.807, 2.05) is 6.92 Å². The number of nitrogens with one attached hydrogen (secondary N) is 1. The average Bonchev–Trinajstić information content (AvgIpc) is 2.40. The Balaban J connectivity index is 2.19. The molecule has 3 N–H and O–H groups in total. The van der Waals surface area contributed by atoms with Crippen molar-refractivity contribution in [2.75, 3.05) is 17.7 Å². The lowest BCUT2D eigenvalue weighted by atomic mass is 10.2. The molecule has 0 atom stereocenters. The second-order valence-corrected chi connectivity index (χ2v) is 4.24. The van der Waals surface area contributed by atoms with Crippen molar-refractivity contribution in [3.8, 4) is 6.01 Å². The molecule has 0 fully saturated rings. The molecule has 0 saturated heterocycles. The molecule has 0 bridgehead atoms. The number of nitrogen functional groups attached to an aromatic ring is 1. The number of aromatic nitrogens is 3. The predicted octanol–water partition coefficient (Wildman–Crippen LogP) is 2.43. The van der Waals surface area contributed by atoms with E-state index in [2.05, 4.69) is 20.3 Å². The smallest absolute Gasteiger partial charge is 0.323 e. The van der Waals surface area contributed by atoms with Gasteiger partial charge in [0, 0.05) is 5.69 Å². The molecule has 0 amide bonds. The minimum absolute atomic E-state index is 0.0428. The van der Waals surface area contributed by atoms with Crippen molar-refractivity contribution in [1.82, 2.24) is 15.0 Å². The molecule has 0 spiro atoms. The molecule has 7 heteroatoms. The van der Waals surface area contributed by atoms with Crippen molar-refractivity contribution in [2.45, 2.75) is 20.3 Å². The third kappa shape index (κ3) is 3.53. The van der Waals surface area contributed by atoms with Crippen LogP contribution in [-0.4, -0.2) is 21.6 Å². The number of halogens is 1. The summed E-state index contributed by atoms with van der Waals surface area (Å²) < 4.78 is 18.8. The van der Waals surface area contributed by atoms with E-state index >= 15 is 0 Å². The largest absolute Gasteiger partial charge is 0.463 e. The van der Waals surface area contributed by atoms with E-state index in [1.165, 1.54) is 6.07 Å². The second-order valence-electron chi connectivity index (χ2n) is 4.24. The number of anilines is 3. The summed E-state index contributed by atoms with van der Waals surface area (Å²) in [6.45, 7) is 4.15. The van der Waals surface area contributed by atoms with Gasteiger partial charge in [-0.3, -0.25) is 0 Å². The SMILES string of the molecule is CCCOc1nc(N)nc(Nc2ccc(C)c(F)c2)n1. The van der Waals surface area contributed by atoms with Crippen LogP contribution in [0.1, 0.15) is 18.9 Å². The van der Waals surface area contributed by atoms with Gasteiger partial charge in [-0.2, -0.15) is 15.0 Å². The molecule has 2 aromatic rings. The van der Waals surface area contributed by atoms with Crippen LogP contribution < -0.4 is 15.8 Å². The van der Waals surface area contributed by atoms with Crippen molar-refractivity contribution < 1.29 is 9.13 Å². The van der Waals surface area contributed by atoms with Crippen LogP contribution in [0.25, 0.3) is 0 Å². The molecule has 0 aliphatic rings. The molecule has 20 heavy (non-hydrogen) atoms. The summed E-state index contributed by atoms with van der Waals surface area (Å²) in [5.41, 5.74) is 6.68. The zero-order valence-corrected chi connectivity index (χ0v) is 11.4. The normalized spacial score (nSPS) is 10.3. The fourth-order valence-corrected chi connectivity index (χ4v) is 1.49. The maximum absolute atomic E-state index is 13.5. The quantitative estimate of drug-likeness (QED) is 0.873. The first-order chi connectivity index (χ1) is 9.58. The minimum Gasteiger partial charge on any atom is -0.463 e. The maximum atomic E-state index is 13.5. The lowest BCUT2D eigenvalue weighted by molar-refractivity contribution is 0.292. The fourth-order valence-electron chi connectivity index (χ4n) is 1.49. The number of benzene rings is 1. The van der Waals surface area contributed by atoms with Gasteiger partial charge in [0.25, 0.3) is 0 Å². The number of rotatable bonds is 5. The third-order valence-corrected chi connectivity index (χ3v) is 2.50. The van der Waals surface area contributed by atoms with Gasteiger partial charge in [-0.15, -0.1) is 0 Å². The van der Waals surface area contributed by atoms with Gasteiger partial charge < -0.3 is 15.8 Å². The summed E-state index contributed by atoms with van der Waals surface area (Å²) in [7, 11) is 0. The lowest BCUT2D eigenvalue weighted by Gasteiger charge is -2.08. The van der Waals surface area contributed by atoms with Crippen molar-refractivity contribution in [1.29, 1.82) is 0 Å². The predicted molar refractivity (Wildman–Crippen MR) is 74.4 cm³/mol. The van der Waals surface area contributed by atoms with Crippen LogP contribution in [0, 0.1) is 12.7 Å². The molecule has 0 radical (unpaired) electrons. The zero-order valence-electron chi connectivity index (χ0n) is 11.4. The van der Waals surface area contributed by atoms with Crippen LogP contribution in [0.15, 0.2) is 18.2 Å². The summed E-state index contributed by atoms with van der Waals surface area (Å²) in [5, 5.41) is 2.87. The summed E-state index contributed by atoms with van der Waals surface area (Å²) in [4.78, 5) is 11.9. The molecule has 106 valence electrons. The molecule has 1 aromatic carbocycles. The Morgan fingerprint density at radius 2 is 2.10 bits per heavy atom. The van der Waals surface area contributed by atoms with E-state index in [1.54, 1.807) is 19.1 Å². The molecule has 1 heterocycles. The summed E-state index contributed by atoms with van der Waals surface area (Å²) in [5.74, 6) is -0.0486. The van der Waals surface area contributed by atoms with E-state index in [4.69, 9.17) is 10.5 Å². The molecular formula is C13H16FN5O. The summed E-state index contributed by atoms with van der Waals surface area (Å²) >= 11 is 0. The fraction of sp³-hybridized carbons (Fsp3) is 0.308. The molecule has 0 aliphatic carbocycles. The highest BCUT2D eigenvalue weighted by atomic mass is 19.1. The van der Waals surface area contributed by atoms with E-state index in [0.717, 1.165) is 6.42 Å². The number of hydrogen-bond donors (Lipinski definition) is 2. The highest BCUT2D eigenvalue weighted by molar-refractivity contribution is 5.54. The van der Waals surface area contributed by atoms with E-state index in [0.29, 0.717) is 17.9 Å². The third-order valence-electron chi connectivity index (χ3n) is 2.50. The Labute approximate surface area is 116 Å². The Morgan fingerprint density at radius 1 is 1.30 bits per heavy atom. The first-order valence-corrected chi connectivity index (χ1v) is 6.26. The van der Waals surface area contributed by atoms with Gasteiger partial charge >= 0.3 is 6.01 Å². The standard InChI is InChI=1S/C13H16FN5O/c1-3-6-20-13-18-11(15)17-12(19-13)16-9-5-4-8(2)10(14)7-9/h4-5,7H,3,6H2,1-2H3,(H3,15,16,17,18,19). The number of hydrogen-bond acceptors (Lipinski definition) is 6. The van der Waals surface area contributed by atoms with Gasteiger partial charge in [-0.25, -0.2) is 4.39 Å². The van der Waals surface area contributed by atoms with E-state index < -0.39 is 0 Å². The highest BCUT2D eigenvalue weighted by Crippen LogP contribution is 2.18. The molecule has 0 aliphatic heterocycles. The Hall–Kier alpha value is -2.44.